The van der Waals surface area contributed by atoms with Crippen molar-refractivity contribution in [3.05, 3.63) is 130 Å². The summed E-state index contributed by atoms with van der Waals surface area (Å²) >= 11 is 0. The first-order valence-electron chi connectivity index (χ1n) is 22.1. The number of nitrogens with one attached hydrogen (secondary N) is 1. The van der Waals surface area contributed by atoms with Gasteiger partial charge in [0.05, 0.1) is 38.0 Å². The first kappa shape index (κ1) is 56.1. The molecule has 1 amide bonds. The minimum absolute atomic E-state index is 0.257. The van der Waals surface area contributed by atoms with Gasteiger partial charge >= 0.3 is 17.9 Å². The Morgan fingerprint density at radius 1 is 0.636 bits per heavy atom. The highest BCUT2D eigenvalue weighted by atomic mass is 16.6. The average molecular weight is 912 g/mol. The number of aliphatic hydroxyl groups excluding tert-OH is 2. The molecule has 0 aromatic heterocycles. The van der Waals surface area contributed by atoms with E-state index >= 15 is 0 Å². The van der Waals surface area contributed by atoms with Gasteiger partial charge in [0.15, 0.2) is 23.8 Å². The number of amides is 1. The van der Waals surface area contributed by atoms with Crippen molar-refractivity contribution in [3.63, 3.8) is 0 Å². The number of carboxylic acids is 1. The van der Waals surface area contributed by atoms with Crippen molar-refractivity contribution in [1.29, 1.82) is 0 Å². The van der Waals surface area contributed by atoms with Gasteiger partial charge in [-0.25, -0.2) is 0 Å². The van der Waals surface area contributed by atoms with E-state index in [1.807, 2.05) is 140 Å². The first-order chi connectivity index (χ1) is 30.9. The van der Waals surface area contributed by atoms with E-state index in [0.29, 0.717) is 23.9 Å². The monoisotopic (exact) mass is 911 g/mol. The number of aldehydes is 1. The predicted molar refractivity (Wildman–Crippen MR) is 255 cm³/mol. The van der Waals surface area contributed by atoms with Gasteiger partial charge in [-0.2, -0.15) is 0 Å². The normalized spacial score (nSPS) is 20.1. The van der Waals surface area contributed by atoms with Crippen LogP contribution in [0.4, 0.5) is 0 Å². The summed E-state index contributed by atoms with van der Waals surface area (Å²) in [6.07, 6.45) is 25.0. The minimum atomic E-state index is -1.51. The SMILES string of the molecule is CC1=C(/C=C/C(C)=C/C=C/C(C)=C/C=C/C=C(C)/C=C/C=C(C)/C=C/C2=C(C)C(=O)C(OC(=O)CCC(=O)NC(CO)(CO)CC=O)CC2(C)C)C(C)(C)CC(OC(=O)CCC(=O)O)C1=O. The van der Waals surface area contributed by atoms with Gasteiger partial charge in [-0.3, -0.25) is 28.8 Å². The van der Waals surface area contributed by atoms with Crippen LogP contribution in [0, 0.1) is 10.8 Å². The van der Waals surface area contributed by atoms with Crippen LogP contribution < -0.4 is 5.32 Å². The highest BCUT2D eigenvalue weighted by molar-refractivity contribution is 6.02. The van der Waals surface area contributed by atoms with Gasteiger partial charge in [0.2, 0.25) is 5.91 Å². The maximum atomic E-state index is 13.3. The summed E-state index contributed by atoms with van der Waals surface area (Å²) in [5.41, 5.74) is 4.26. The number of carbonyl (C=O) groups excluding carboxylic acids is 6. The van der Waals surface area contributed by atoms with Crippen molar-refractivity contribution in [2.75, 3.05) is 13.2 Å². The molecule has 0 aromatic carbocycles. The highest BCUT2D eigenvalue weighted by Crippen LogP contribution is 2.42. The summed E-state index contributed by atoms with van der Waals surface area (Å²) in [6.45, 7) is 18.0. The second-order valence-electron chi connectivity index (χ2n) is 18.3. The standard InChI is InChI=1S/C53H69NO12/c1-35(15-11-12-16-36(2)18-14-20-38(4)22-24-42-40(6)50(64)44(32-52(42,9)10)66-48(62)28-26-46(59)60)17-13-19-37(3)21-23-41-39(5)49(63)43(31-51(41,7)8)65-47(61)27-25-45(58)54-53(33-56,34-57)29-30-55/h11-24,30,43-44,56-57H,25-29,31-34H2,1-10H3,(H,54,58)(H,59,60)/b12-11+,17-13+,18-14+,23-21+,24-22+,35-15+,36-16+,37-19+,38-20+. The van der Waals surface area contributed by atoms with Crippen molar-refractivity contribution in [1.82, 2.24) is 5.32 Å². The summed E-state index contributed by atoms with van der Waals surface area (Å²) in [5, 5.41) is 30.3. The Labute approximate surface area is 389 Å². The molecule has 0 spiro atoms. The molecule has 0 radical (unpaired) electrons. The van der Waals surface area contributed by atoms with Crippen molar-refractivity contribution in [2.24, 2.45) is 10.8 Å². The van der Waals surface area contributed by atoms with Crippen molar-refractivity contribution in [2.45, 2.75) is 132 Å². The Balaban J connectivity index is 1.96. The Morgan fingerprint density at radius 2 is 1.02 bits per heavy atom. The molecule has 2 rings (SSSR count). The van der Waals surface area contributed by atoms with E-state index in [4.69, 9.17) is 14.6 Å². The molecule has 2 aliphatic rings. The molecular formula is C53H69NO12. The first-order valence-corrected chi connectivity index (χ1v) is 22.1. The molecule has 0 saturated heterocycles. The zero-order valence-corrected chi connectivity index (χ0v) is 40.2. The summed E-state index contributed by atoms with van der Waals surface area (Å²) in [5.74, 6) is -3.76. The molecule has 13 nitrogen and oxygen atoms in total. The Hall–Kier alpha value is -6.05. The van der Waals surface area contributed by atoms with E-state index in [9.17, 15) is 43.8 Å². The lowest BCUT2D eigenvalue weighted by atomic mass is 9.71. The third-order valence-corrected chi connectivity index (χ3v) is 11.4. The second kappa shape index (κ2) is 26.2. The highest BCUT2D eigenvalue weighted by Gasteiger charge is 2.41. The number of ether oxygens (including phenoxy) is 2. The maximum Gasteiger partial charge on any atom is 0.307 e. The van der Waals surface area contributed by atoms with Gasteiger partial charge in [-0.05, 0) is 74.7 Å². The van der Waals surface area contributed by atoms with Crippen LogP contribution in [0.5, 0.6) is 0 Å². The molecule has 2 aliphatic carbocycles. The molecule has 0 aliphatic heterocycles. The molecule has 2 atom stereocenters. The van der Waals surface area contributed by atoms with E-state index in [1.54, 1.807) is 13.8 Å². The fourth-order valence-electron chi connectivity index (χ4n) is 7.44. The van der Waals surface area contributed by atoms with Gasteiger partial charge in [0, 0.05) is 25.7 Å². The lowest BCUT2D eigenvalue weighted by Gasteiger charge is -2.36. The summed E-state index contributed by atoms with van der Waals surface area (Å²) < 4.78 is 10.9. The number of Topliss-reactive ketones (excluding diaryl/α,β-unsaturated/α-hetero) is 2. The quantitative estimate of drug-likeness (QED) is 0.0436. The number of aliphatic carboxylic acids is 1. The van der Waals surface area contributed by atoms with E-state index in [0.717, 1.165) is 33.4 Å². The molecule has 0 heterocycles. The molecule has 358 valence electrons. The fraction of sp³-hybridized carbons (Fsp3) is 0.453. The number of esters is 2. The Bertz CT molecular complexity index is 2190. The van der Waals surface area contributed by atoms with Crippen LogP contribution in [0.25, 0.3) is 0 Å². The minimum Gasteiger partial charge on any atom is -0.481 e. The molecule has 0 saturated carbocycles. The molecular weight excluding hydrogens is 843 g/mol. The zero-order chi connectivity index (χ0) is 49.8. The second-order valence-corrected chi connectivity index (χ2v) is 18.3. The number of carbonyl (C=O) groups is 7. The number of aliphatic hydroxyl groups is 2. The number of ketones is 2. The van der Waals surface area contributed by atoms with Crippen molar-refractivity contribution < 1.29 is 58.4 Å². The Kier molecular flexibility index (Phi) is 22.2. The number of hydrogen-bond acceptors (Lipinski definition) is 11. The maximum absolute atomic E-state index is 13.3. The van der Waals surface area contributed by atoms with Gasteiger partial charge in [0.1, 0.15) is 6.29 Å². The van der Waals surface area contributed by atoms with Crippen LogP contribution in [-0.4, -0.2) is 87.9 Å². The molecule has 0 fully saturated rings. The van der Waals surface area contributed by atoms with Gasteiger partial charge < -0.3 is 34.9 Å². The van der Waals surface area contributed by atoms with E-state index in [2.05, 4.69) is 5.32 Å². The fourth-order valence-corrected chi connectivity index (χ4v) is 7.44. The summed E-state index contributed by atoms with van der Waals surface area (Å²) in [6, 6.07) is 0. The van der Waals surface area contributed by atoms with E-state index < -0.39 is 65.6 Å². The smallest absolute Gasteiger partial charge is 0.307 e. The number of allylic oxidation sites excluding steroid dienone is 20. The third kappa shape index (κ3) is 18.1. The predicted octanol–water partition coefficient (Wildman–Crippen LogP) is 8.08. The lowest BCUT2D eigenvalue weighted by molar-refractivity contribution is -0.157. The van der Waals surface area contributed by atoms with Crippen LogP contribution in [0.3, 0.4) is 0 Å². The van der Waals surface area contributed by atoms with Crippen LogP contribution in [0.1, 0.15) is 114 Å². The molecule has 13 heteroatoms. The molecule has 2 unspecified atom stereocenters. The molecule has 4 N–H and O–H groups in total. The van der Waals surface area contributed by atoms with Crippen LogP contribution in [-0.2, 0) is 43.0 Å². The molecule has 0 aromatic rings. The van der Waals surface area contributed by atoms with E-state index in [1.165, 1.54) is 0 Å². The zero-order valence-electron chi connectivity index (χ0n) is 40.2. The summed E-state index contributed by atoms with van der Waals surface area (Å²) in [7, 11) is 0. The topological polar surface area (TPSA) is 211 Å². The number of carboxylic acid groups (broad SMARTS) is 1. The lowest BCUT2D eigenvalue weighted by Crippen LogP contribution is -2.54. The van der Waals surface area contributed by atoms with Crippen LogP contribution in [0.2, 0.25) is 0 Å². The van der Waals surface area contributed by atoms with Gasteiger partial charge in [0.25, 0.3) is 0 Å². The van der Waals surface area contributed by atoms with Crippen LogP contribution in [0.15, 0.2) is 130 Å². The van der Waals surface area contributed by atoms with Crippen molar-refractivity contribution >= 4 is 41.7 Å². The largest absolute Gasteiger partial charge is 0.481 e. The molecule has 0 bridgehead atoms. The molecule has 66 heavy (non-hydrogen) atoms. The van der Waals surface area contributed by atoms with Crippen LogP contribution >= 0.6 is 0 Å². The Morgan fingerprint density at radius 3 is 1.39 bits per heavy atom. The van der Waals surface area contributed by atoms with Gasteiger partial charge in [-0.1, -0.05) is 135 Å². The van der Waals surface area contributed by atoms with Crippen molar-refractivity contribution in [3.8, 4) is 0 Å². The van der Waals surface area contributed by atoms with Gasteiger partial charge in [-0.15, -0.1) is 0 Å². The third-order valence-electron chi connectivity index (χ3n) is 11.4. The summed E-state index contributed by atoms with van der Waals surface area (Å²) in [4.78, 5) is 85.1. The average Bonchev–Trinajstić information content (AvgIpc) is 3.24. The number of hydrogen-bond donors (Lipinski definition) is 4. The number of rotatable bonds is 23. The van der Waals surface area contributed by atoms with E-state index in [-0.39, 0.29) is 50.1 Å².